The van der Waals surface area contributed by atoms with Gasteiger partial charge >= 0.3 is 0 Å². The molecule has 32 heavy (non-hydrogen) atoms. The van der Waals surface area contributed by atoms with Gasteiger partial charge in [0.2, 0.25) is 5.95 Å². The SMILES string of the molecule is N#CC1=C(N)N(c2ncn[nH]2)C2=C(C(=O)CC(c3ccccc3)C2)C1c1ccc(Cl)cc1. The van der Waals surface area contributed by atoms with E-state index in [0.29, 0.717) is 35.0 Å². The molecular formula is C24H19ClN6O. The third-order valence-electron chi connectivity index (χ3n) is 6.06. The van der Waals surface area contributed by atoms with Crippen LogP contribution in [0.1, 0.15) is 35.8 Å². The van der Waals surface area contributed by atoms with Gasteiger partial charge in [-0.25, -0.2) is 5.10 Å². The van der Waals surface area contributed by atoms with Gasteiger partial charge in [-0.05, 0) is 35.6 Å². The Labute approximate surface area is 189 Å². The number of aromatic nitrogens is 3. The molecule has 0 saturated carbocycles. The van der Waals surface area contributed by atoms with Crippen molar-refractivity contribution in [2.24, 2.45) is 5.73 Å². The van der Waals surface area contributed by atoms with Gasteiger partial charge in [0.1, 0.15) is 12.1 Å². The Hall–Kier alpha value is -3.89. The molecule has 2 atom stereocenters. The predicted octanol–water partition coefficient (Wildman–Crippen LogP) is 4.16. The number of aromatic amines is 1. The quantitative estimate of drug-likeness (QED) is 0.630. The smallest absolute Gasteiger partial charge is 0.231 e. The Morgan fingerprint density at radius 3 is 2.50 bits per heavy atom. The first-order valence-corrected chi connectivity index (χ1v) is 10.6. The number of hydrogen-bond donors (Lipinski definition) is 2. The van der Waals surface area contributed by atoms with Crippen LogP contribution >= 0.6 is 11.6 Å². The molecule has 3 N–H and O–H groups in total. The largest absolute Gasteiger partial charge is 0.384 e. The molecule has 0 saturated heterocycles. The van der Waals surface area contributed by atoms with Crippen molar-refractivity contribution in [2.75, 3.05) is 4.90 Å². The lowest BCUT2D eigenvalue weighted by Crippen LogP contribution is -2.40. The molecule has 3 aromatic rings. The van der Waals surface area contributed by atoms with E-state index in [-0.39, 0.29) is 17.5 Å². The molecule has 2 unspecified atom stereocenters. The van der Waals surface area contributed by atoms with E-state index in [9.17, 15) is 10.1 Å². The summed E-state index contributed by atoms with van der Waals surface area (Å²) in [6.45, 7) is 0. The lowest BCUT2D eigenvalue weighted by Gasteiger charge is -2.40. The Bertz CT molecular complexity index is 1270. The van der Waals surface area contributed by atoms with Gasteiger partial charge in [-0.15, -0.1) is 0 Å². The summed E-state index contributed by atoms with van der Waals surface area (Å²) in [5.74, 6) is 0.0407. The van der Waals surface area contributed by atoms with Gasteiger partial charge in [0.05, 0.1) is 17.6 Å². The van der Waals surface area contributed by atoms with Crippen LogP contribution in [0.5, 0.6) is 0 Å². The normalized spacial score (nSPS) is 20.9. The molecule has 0 amide bonds. The van der Waals surface area contributed by atoms with Crippen molar-refractivity contribution in [3.05, 3.63) is 99.7 Å². The zero-order valence-corrected chi connectivity index (χ0v) is 17.8. The molecule has 8 heteroatoms. The molecule has 0 fully saturated rings. The molecule has 2 aliphatic rings. The monoisotopic (exact) mass is 442 g/mol. The van der Waals surface area contributed by atoms with Crippen molar-refractivity contribution in [3.63, 3.8) is 0 Å². The van der Waals surface area contributed by atoms with Gasteiger partial charge < -0.3 is 5.73 Å². The van der Waals surface area contributed by atoms with E-state index in [1.165, 1.54) is 6.33 Å². The van der Waals surface area contributed by atoms with Crippen molar-refractivity contribution in [1.29, 1.82) is 5.26 Å². The Morgan fingerprint density at radius 2 is 1.84 bits per heavy atom. The number of nitrogens with one attached hydrogen (secondary N) is 1. The first kappa shape index (κ1) is 20.0. The predicted molar refractivity (Wildman–Crippen MR) is 120 cm³/mol. The highest BCUT2D eigenvalue weighted by molar-refractivity contribution is 6.30. The number of carbonyl (C=O) groups is 1. The van der Waals surface area contributed by atoms with Gasteiger partial charge in [0.15, 0.2) is 5.78 Å². The summed E-state index contributed by atoms with van der Waals surface area (Å²) >= 11 is 6.09. The lowest BCUT2D eigenvalue weighted by atomic mass is 9.72. The Kier molecular flexibility index (Phi) is 5.00. The number of rotatable bonds is 3. The van der Waals surface area contributed by atoms with Crippen LogP contribution in [0.25, 0.3) is 0 Å². The highest BCUT2D eigenvalue weighted by Crippen LogP contribution is 2.48. The van der Waals surface area contributed by atoms with Crippen LogP contribution < -0.4 is 10.6 Å². The van der Waals surface area contributed by atoms with Crippen molar-refractivity contribution in [1.82, 2.24) is 15.2 Å². The van der Waals surface area contributed by atoms with Crippen LogP contribution in [0.4, 0.5) is 5.95 Å². The van der Waals surface area contributed by atoms with E-state index < -0.39 is 5.92 Å². The summed E-state index contributed by atoms with van der Waals surface area (Å²) in [6.07, 6.45) is 2.31. The average Bonchev–Trinajstić information content (AvgIpc) is 3.34. The zero-order valence-electron chi connectivity index (χ0n) is 17.0. The third-order valence-corrected chi connectivity index (χ3v) is 6.31. The minimum absolute atomic E-state index is 0.00447. The van der Waals surface area contributed by atoms with Crippen LogP contribution in [0.3, 0.4) is 0 Å². The fraction of sp³-hybridized carbons (Fsp3) is 0.167. The van der Waals surface area contributed by atoms with Crippen molar-refractivity contribution >= 4 is 23.3 Å². The summed E-state index contributed by atoms with van der Waals surface area (Å²) in [5.41, 5.74) is 10.0. The molecule has 1 aliphatic heterocycles. The maximum atomic E-state index is 13.6. The van der Waals surface area contributed by atoms with Gasteiger partial charge in [-0.1, -0.05) is 54.1 Å². The second-order valence-electron chi connectivity index (χ2n) is 7.84. The number of nitriles is 1. The summed E-state index contributed by atoms with van der Waals surface area (Å²) in [4.78, 5) is 19.5. The first-order chi connectivity index (χ1) is 15.6. The number of Topliss-reactive ketones (excluding diaryl/α,β-unsaturated/α-hetero) is 1. The van der Waals surface area contributed by atoms with Crippen molar-refractivity contribution in [3.8, 4) is 6.07 Å². The highest BCUT2D eigenvalue weighted by Gasteiger charge is 2.43. The van der Waals surface area contributed by atoms with Crippen molar-refractivity contribution in [2.45, 2.75) is 24.7 Å². The second kappa shape index (κ2) is 7.98. The van der Waals surface area contributed by atoms with Gasteiger partial charge in [0, 0.05) is 22.7 Å². The number of nitrogens with zero attached hydrogens (tertiary/aromatic N) is 4. The number of nitrogens with two attached hydrogens (primary N) is 1. The minimum atomic E-state index is -0.560. The molecule has 0 radical (unpaired) electrons. The molecule has 5 rings (SSSR count). The zero-order chi connectivity index (χ0) is 22.2. The second-order valence-corrected chi connectivity index (χ2v) is 8.28. The molecular weight excluding hydrogens is 424 g/mol. The summed E-state index contributed by atoms with van der Waals surface area (Å²) in [7, 11) is 0. The fourth-order valence-corrected chi connectivity index (χ4v) is 4.75. The lowest BCUT2D eigenvalue weighted by molar-refractivity contribution is -0.116. The summed E-state index contributed by atoms with van der Waals surface area (Å²) in [6, 6.07) is 19.4. The fourth-order valence-electron chi connectivity index (χ4n) is 4.63. The molecule has 2 aromatic carbocycles. The molecule has 2 heterocycles. The number of hydrogen-bond acceptors (Lipinski definition) is 6. The maximum Gasteiger partial charge on any atom is 0.231 e. The molecule has 158 valence electrons. The Morgan fingerprint density at radius 1 is 1.09 bits per heavy atom. The maximum absolute atomic E-state index is 13.6. The van der Waals surface area contributed by atoms with Crippen LogP contribution in [0.15, 0.2) is 83.6 Å². The van der Waals surface area contributed by atoms with E-state index in [0.717, 1.165) is 16.8 Å². The van der Waals surface area contributed by atoms with Crippen LogP contribution in [0.2, 0.25) is 5.02 Å². The van der Waals surface area contributed by atoms with E-state index in [4.69, 9.17) is 17.3 Å². The van der Waals surface area contributed by atoms with Gasteiger partial charge in [-0.3, -0.25) is 9.69 Å². The van der Waals surface area contributed by atoms with E-state index in [1.807, 2.05) is 42.5 Å². The average molecular weight is 443 g/mol. The molecule has 0 bridgehead atoms. The van der Waals surface area contributed by atoms with Crippen LogP contribution in [-0.4, -0.2) is 21.0 Å². The highest BCUT2D eigenvalue weighted by atomic mass is 35.5. The molecule has 1 aliphatic carbocycles. The van der Waals surface area contributed by atoms with E-state index in [2.05, 4.69) is 21.3 Å². The van der Waals surface area contributed by atoms with Gasteiger partial charge in [-0.2, -0.15) is 15.3 Å². The number of ketones is 1. The first-order valence-electron chi connectivity index (χ1n) is 10.2. The van der Waals surface area contributed by atoms with Crippen LogP contribution in [-0.2, 0) is 4.79 Å². The standard InChI is InChI=1S/C24H19ClN6O/c25-17-8-6-15(7-9-17)21-18(12-26)23(27)31(24-28-13-29-30-24)19-10-16(11-20(32)22(19)21)14-4-2-1-3-5-14/h1-9,13,16,21H,10-11,27H2,(H,28,29,30). The number of H-pyrrole nitrogens is 1. The molecule has 1 aromatic heterocycles. The number of benzene rings is 2. The van der Waals surface area contributed by atoms with Crippen molar-refractivity contribution < 1.29 is 4.79 Å². The summed E-state index contributed by atoms with van der Waals surface area (Å²) < 4.78 is 0. The minimum Gasteiger partial charge on any atom is -0.384 e. The van der Waals surface area contributed by atoms with Crippen LogP contribution in [0, 0.1) is 11.3 Å². The topological polar surface area (TPSA) is 112 Å². The van der Waals surface area contributed by atoms with E-state index in [1.54, 1.807) is 17.0 Å². The number of anilines is 1. The summed E-state index contributed by atoms with van der Waals surface area (Å²) in [5, 5.41) is 17.4. The molecule has 0 spiro atoms. The Balaban J connectivity index is 1.71. The number of halogens is 1. The van der Waals surface area contributed by atoms with E-state index >= 15 is 0 Å². The number of allylic oxidation sites excluding steroid dienone is 3. The third kappa shape index (κ3) is 3.26. The number of carbonyl (C=O) groups excluding carboxylic acids is 1. The molecule has 7 nitrogen and oxygen atoms in total. The van der Waals surface area contributed by atoms with Gasteiger partial charge in [0.25, 0.3) is 0 Å².